The van der Waals surface area contributed by atoms with Gasteiger partial charge >= 0.3 is 0 Å². The number of anilines is 1. The molecule has 1 atom stereocenters. The number of carbonyl (C=O) groups is 1. The van der Waals surface area contributed by atoms with Crippen molar-refractivity contribution in [2.75, 3.05) is 26.5 Å². The highest BCUT2D eigenvalue weighted by molar-refractivity contribution is 5.85. The molecule has 6 heteroatoms. The summed E-state index contributed by atoms with van der Waals surface area (Å²) >= 11 is 0. The molecule has 1 aromatic heterocycles. The zero-order valence-electron chi connectivity index (χ0n) is 12.3. The fraction of sp³-hybridized carbons (Fsp3) is 0.267. The van der Waals surface area contributed by atoms with Crippen LogP contribution in [-0.2, 0) is 4.79 Å². The summed E-state index contributed by atoms with van der Waals surface area (Å²) in [7, 11) is 4.96. The van der Waals surface area contributed by atoms with E-state index in [1.165, 1.54) is 12.0 Å². The van der Waals surface area contributed by atoms with Gasteiger partial charge < -0.3 is 15.0 Å². The minimum absolute atomic E-state index is 0.0763. The molecule has 1 unspecified atom stereocenters. The summed E-state index contributed by atoms with van der Waals surface area (Å²) in [5.41, 5.74) is 0.850. The molecule has 0 aliphatic heterocycles. The van der Waals surface area contributed by atoms with E-state index >= 15 is 0 Å². The Balaban J connectivity index is 2.30. The van der Waals surface area contributed by atoms with Crippen molar-refractivity contribution < 1.29 is 9.53 Å². The third kappa shape index (κ3) is 3.68. The zero-order valence-corrected chi connectivity index (χ0v) is 12.3. The van der Waals surface area contributed by atoms with E-state index in [-0.39, 0.29) is 5.91 Å². The van der Waals surface area contributed by atoms with Gasteiger partial charge in [0.1, 0.15) is 6.04 Å². The molecule has 2 rings (SSSR count). The third-order valence-electron chi connectivity index (χ3n) is 2.93. The number of nitrogens with zero attached hydrogens (tertiary/aromatic N) is 3. The van der Waals surface area contributed by atoms with Crippen molar-refractivity contribution in [1.29, 1.82) is 0 Å². The summed E-state index contributed by atoms with van der Waals surface area (Å²) in [6.07, 6.45) is 1.58. The fourth-order valence-corrected chi connectivity index (χ4v) is 1.85. The number of aromatic nitrogens is 2. The van der Waals surface area contributed by atoms with Crippen LogP contribution >= 0.6 is 0 Å². The molecule has 1 N–H and O–H groups in total. The van der Waals surface area contributed by atoms with Crippen LogP contribution in [-0.4, -0.2) is 42.0 Å². The van der Waals surface area contributed by atoms with Crippen molar-refractivity contribution in [1.82, 2.24) is 14.9 Å². The van der Waals surface area contributed by atoms with Crippen LogP contribution in [0.2, 0.25) is 0 Å². The highest BCUT2D eigenvalue weighted by atomic mass is 16.5. The van der Waals surface area contributed by atoms with Gasteiger partial charge in [0.25, 0.3) is 0 Å². The molecular formula is C15H18N4O2. The average Bonchev–Trinajstić information content (AvgIpc) is 2.53. The molecule has 1 aromatic carbocycles. The first kappa shape index (κ1) is 14.8. The lowest BCUT2D eigenvalue weighted by atomic mass is 10.1. The quantitative estimate of drug-likeness (QED) is 0.906. The summed E-state index contributed by atoms with van der Waals surface area (Å²) in [4.78, 5) is 22.2. The van der Waals surface area contributed by atoms with Crippen molar-refractivity contribution in [3.05, 3.63) is 48.2 Å². The first-order valence-electron chi connectivity index (χ1n) is 6.51. The standard InChI is InChI=1S/C15H18N4O2/c1-19(2)14(20)13(11-7-5-4-6-8-11)18-15-16-10-9-12(17-15)21-3/h4-10,13H,1-3H3,(H,16,17,18). The number of nitrogens with one attached hydrogen (secondary N) is 1. The Bertz CT molecular complexity index is 602. The lowest BCUT2D eigenvalue weighted by Crippen LogP contribution is -2.33. The molecule has 0 aliphatic rings. The Kier molecular flexibility index (Phi) is 4.71. The van der Waals surface area contributed by atoms with Crippen LogP contribution in [0.5, 0.6) is 5.88 Å². The molecule has 6 nitrogen and oxygen atoms in total. The SMILES string of the molecule is COc1ccnc(NC(C(=O)N(C)C)c2ccccc2)n1. The molecule has 2 aromatic rings. The summed E-state index contributed by atoms with van der Waals surface area (Å²) in [5.74, 6) is 0.711. The zero-order chi connectivity index (χ0) is 15.2. The molecule has 0 spiro atoms. The molecule has 0 radical (unpaired) electrons. The summed E-state index contributed by atoms with van der Waals surface area (Å²) in [5, 5.41) is 3.06. The molecule has 21 heavy (non-hydrogen) atoms. The maximum Gasteiger partial charge on any atom is 0.249 e. The molecule has 1 heterocycles. The van der Waals surface area contributed by atoms with E-state index in [1.807, 2.05) is 30.3 Å². The lowest BCUT2D eigenvalue weighted by molar-refractivity contribution is -0.129. The second kappa shape index (κ2) is 6.69. The Hall–Kier alpha value is -2.63. The topological polar surface area (TPSA) is 67.3 Å². The number of carbonyl (C=O) groups excluding carboxylic acids is 1. The van der Waals surface area contributed by atoms with Crippen LogP contribution in [0, 0.1) is 0 Å². The summed E-state index contributed by atoms with van der Waals surface area (Å²) in [6, 6.07) is 10.6. The van der Waals surface area contributed by atoms with Crippen LogP contribution in [0.25, 0.3) is 0 Å². The molecule has 1 amide bonds. The van der Waals surface area contributed by atoms with E-state index in [1.54, 1.807) is 26.4 Å². The second-order valence-corrected chi connectivity index (χ2v) is 4.64. The number of rotatable bonds is 5. The predicted molar refractivity (Wildman–Crippen MR) is 80.1 cm³/mol. The maximum atomic E-state index is 12.4. The van der Waals surface area contributed by atoms with Crippen LogP contribution in [0.4, 0.5) is 5.95 Å². The number of likely N-dealkylation sites (N-methyl/N-ethyl adjacent to an activating group) is 1. The first-order valence-corrected chi connectivity index (χ1v) is 6.51. The largest absolute Gasteiger partial charge is 0.481 e. The Morgan fingerprint density at radius 3 is 2.57 bits per heavy atom. The van der Waals surface area contributed by atoms with Gasteiger partial charge in [-0.25, -0.2) is 4.98 Å². The Morgan fingerprint density at radius 2 is 1.95 bits per heavy atom. The van der Waals surface area contributed by atoms with Gasteiger partial charge in [0.05, 0.1) is 7.11 Å². The van der Waals surface area contributed by atoms with Crippen LogP contribution < -0.4 is 10.1 Å². The predicted octanol–water partition coefficient (Wildman–Crippen LogP) is 1.73. The Morgan fingerprint density at radius 1 is 1.24 bits per heavy atom. The van der Waals surface area contributed by atoms with E-state index in [4.69, 9.17) is 4.74 Å². The normalized spacial score (nSPS) is 11.6. The molecule has 0 bridgehead atoms. The number of benzene rings is 1. The molecular weight excluding hydrogens is 268 g/mol. The number of amides is 1. The van der Waals surface area contributed by atoms with Crippen molar-refractivity contribution in [3.8, 4) is 5.88 Å². The van der Waals surface area contributed by atoms with Gasteiger partial charge in [-0.15, -0.1) is 0 Å². The first-order chi connectivity index (χ1) is 10.1. The third-order valence-corrected chi connectivity index (χ3v) is 2.93. The van der Waals surface area contributed by atoms with Crippen molar-refractivity contribution in [3.63, 3.8) is 0 Å². The van der Waals surface area contributed by atoms with Gasteiger partial charge in [-0.1, -0.05) is 30.3 Å². The van der Waals surface area contributed by atoms with E-state index in [0.29, 0.717) is 11.8 Å². The number of hydrogen-bond acceptors (Lipinski definition) is 5. The van der Waals surface area contributed by atoms with Crippen LogP contribution in [0.3, 0.4) is 0 Å². The minimum Gasteiger partial charge on any atom is -0.481 e. The molecule has 110 valence electrons. The number of ether oxygens (including phenoxy) is 1. The molecule has 0 saturated heterocycles. The van der Waals surface area contributed by atoms with Crippen molar-refractivity contribution in [2.45, 2.75) is 6.04 Å². The van der Waals surface area contributed by atoms with Crippen LogP contribution in [0.15, 0.2) is 42.6 Å². The monoisotopic (exact) mass is 286 g/mol. The maximum absolute atomic E-state index is 12.4. The minimum atomic E-state index is -0.548. The fourth-order valence-electron chi connectivity index (χ4n) is 1.85. The van der Waals surface area contributed by atoms with Crippen molar-refractivity contribution >= 4 is 11.9 Å². The van der Waals surface area contributed by atoms with Gasteiger partial charge in [-0.3, -0.25) is 4.79 Å². The Labute approximate surface area is 123 Å². The highest BCUT2D eigenvalue weighted by Gasteiger charge is 2.23. The summed E-state index contributed by atoms with van der Waals surface area (Å²) in [6.45, 7) is 0. The van der Waals surface area contributed by atoms with Gasteiger partial charge in [0.15, 0.2) is 0 Å². The van der Waals surface area contributed by atoms with E-state index in [2.05, 4.69) is 15.3 Å². The van der Waals surface area contributed by atoms with E-state index in [0.717, 1.165) is 5.56 Å². The smallest absolute Gasteiger partial charge is 0.249 e. The summed E-state index contributed by atoms with van der Waals surface area (Å²) < 4.78 is 5.06. The molecule has 0 aliphatic carbocycles. The average molecular weight is 286 g/mol. The van der Waals surface area contributed by atoms with E-state index in [9.17, 15) is 4.79 Å². The van der Waals surface area contributed by atoms with Crippen molar-refractivity contribution in [2.24, 2.45) is 0 Å². The second-order valence-electron chi connectivity index (χ2n) is 4.64. The van der Waals surface area contributed by atoms with Gasteiger partial charge in [0.2, 0.25) is 17.7 Å². The van der Waals surface area contributed by atoms with Crippen LogP contribution in [0.1, 0.15) is 11.6 Å². The molecule has 0 fully saturated rings. The van der Waals surface area contributed by atoms with Gasteiger partial charge in [0, 0.05) is 26.4 Å². The lowest BCUT2D eigenvalue weighted by Gasteiger charge is -2.22. The van der Waals surface area contributed by atoms with Gasteiger partial charge in [-0.05, 0) is 5.56 Å². The number of hydrogen-bond donors (Lipinski definition) is 1. The number of methoxy groups -OCH3 is 1. The highest BCUT2D eigenvalue weighted by Crippen LogP contribution is 2.20. The molecule has 0 saturated carbocycles. The van der Waals surface area contributed by atoms with E-state index < -0.39 is 6.04 Å². The van der Waals surface area contributed by atoms with Gasteiger partial charge in [-0.2, -0.15) is 4.98 Å².